The van der Waals surface area contributed by atoms with Crippen LogP contribution in [0.5, 0.6) is 0 Å². The molecular formula is C12H7F3N4O. The first-order chi connectivity index (χ1) is 9.43. The number of urea groups is 1. The molecule has 20 heavy (non-hydrogen) atoms. The summed E-state index contributed by atoms with van der Waals surface area (Å²) in [4.78, 5) is 12.9. The van der Waals surface area contributed by atoms with E-state index in [0.717, 1.165) is 4.90 Å². The third-order valence-corrected chi connectivity index (χ3v) is 3.08. The Bertz CT molecular complexity index is 674. The van der Waals surface area contributed by atoms with E-state index in [1.54, 1.807) is 24.3 Å². The number of rotatable bonds is 0. The Hall–Kier alpha value is -2.69. The van der Waals surface area contributed by atoms with E-state index in [-0.39, 0.29) is 5.82 Å². The second-order valence-corrected chi connectivity index (χ2v) is 4.28. The molecule has 0 aliphatic carbocycles. The van der Waals surface area contributed by atoms with Gasteiger partial charge in [0, 0.05) is 0 Å². The number of nitriles is 1. The van der Waals surface area contributed by atoms with Gasteiger partial charge in [-0.2, -0.15) is 18.4 Å². The number of para-hydroxylation sites is 2. The molecule has 2 aliphatic rings. The van der Waals surface area contributed by atoms with Gasteiger partial charge in [0.2, 0.25) is 0 Å². The Morgan fingerprint density at radius 2 is 2.00 bits per heavy atom. The van der Waals surface area contributed by atoms with Gasteiger partial charge >= 0.3 is 12.2 Å². The average molecular weight is 280 g/mol. The van der Waals surface area contributed by atoms with Crippen LogP contribution in [0.1, 0.15) is 0 Å². The molecule has 0 bridgehead atoms. The molecule has 0 saturated carbocycles. The lowest BCUT2D eigenvalue weighted by Gasteiger charge is -2.31. The van der Waals surface area contributed by atoms with E-state index in [1.807, 2.05) is 5.32 Å². The summed E-state index contributed by atoms with van der Waals surface area (Å²) in [5.74, 6) is -0.139. The number of hydrogen-bond donors (Lipinski definition) is 2. The van der Waals surface area contributed by atoms with E-state index in [0.29, 0.717) is 11.4 Å². The third-order valence-electron chi connectivity index (χ3n) is 3.08. The van der Waals surface area contributed by atoms with Crippen LogP contribution in [0.2, 0.25) is 0 Å². The molecule has 0 aromatic heterocycles. The summed E-state index contributed by atoms with van der Waals surface area (Å²) in [6, 6.07) is 4.84. The van der Waals surface area contributed by atoms with E-state index in [9.17, 15) is 18.0 Å². The molecule has 2 amide bonds. The molecule has 0 saturated heterocycles. The fraction of sp³-hybridized carbons (Fsp3) is 0.167. The predicted molar refractivity (Wildman–Crippen MR) is 63.6 cm³/mol. The lowest BCUT2D eigenvalue weighted by Crippen LogP contribution is -2.56. The van der Waals surface area contributed by atoms with Gasteiger partial charge in [-0.3, -0.25) is 0 Å². The maximum Gasteiger partial charge on any atom is 0.413 e. The molecule has 8 heteroatoms. The third kappa shape index (κ3) is 1.60. The fourth-order valence-corrected chi connectivity index (χ4v) is 2.24. The first-order valence-electron chi connectivity index (χ1n) is 5.61. The Labute approximate surface area is 111 Å². The van der Waals surface area contributed by atoms with Crippen LogP contribution in [0, 0.1) is 11.3 Å². The van der Waals surface area contributed by atoms with Gasteiger partial charge in [-0.15, -0.1) is 0 Å². The van der Waals surface area contributed by atoms with Crippen molar-refractivity contribution in [2.45, 2.75) is 12.2 Å². The summed E-state index contributed by atoms with van der Waals surface area (Å²) in [5.41, 5.74) is 0.329. The molecule has 5 nitrogen and oxygen atoms in total. The summed E-state index contributed by atoms with van der Waals surface area (Å²) in [6.45, 7) is 0. The van der Waals surface area contributed by atoms with Crippen LogP contribution in [0.25, 0.3) is 0 Å². The summed E-state index contributed by atoms with van der Waals surface area (Å²) in [7, 11) is 0. The zero-order chi connectivity index (χ0) is 14.5. The summed E-state index contributed by atoms with van der Waals surface area (Å²) in [6.07, 6.45) is -4.73. The monoisotopic (exact) mass is 280 g/mol. The summed E-state index contributed by atoms with van der Waals surface area (Å²) < 4.78 is 38.7. The van der Waals surface area contributed by atoms with Gasteiger partial charge in [0.1, 0.15) is 17.5 Å². The van der Waals surface area contributed by atoms with Gasteiger partial charge in [-0.05, 0) is 12.1 Å². The smallest absolute Gasteiger partial charge is 0.339 e. The van der Waals surface area contributed by atoms with Crippen molar-refractivity contribution in [2.75, 3.05) is 10.2 Å². The van der Waals surface area contributed by atoms with Crippen LogP contribution in [-0.4, -0.2) is 18.2 Å². The Morgan fingerprint density at radius 1 is 1.30 bits per heavy atom. The first-order valence-corrected chi connectivity index (χ1v) is 5.61. The van der Waals surface area contributed by atoms with Crippen molar-refractivity contribution in [3.63, 3.8) is 0 Å². The lowest BCUT2D eigenvalue weighted by atomic mass is 10.1. The number of anilines is 2. The minimum absolute atomic E-state index is 0.139. The van der Waals surface area contributed by atoms with Crippen molar-refractivity contribution in [3.8, 4) is 6.07 Å². The molecule has 3 rings (SSSR count). The van der Waals surface area contributed by atoms with Crippen molar-refractivity contribution in [1.29, 1.82) is 5.26 Å². The number of carbonyl (C=O) groups excluding carboxylic acids is 1. The highest BCUT2D eigenvalue weighted by Crippen LogP contribution is 2.41. The Balaban J connectivity index is 2.18. The van der Waals surface area contributed by atoms with Crippen molar-refractivity contribution in [2.24, 2.45) is 0 Å². The zero-order valence-corrected chi connectivity index (χ0v) is 9.82. The number of benzene rings is 1. The molecule has 1 aromatic carbocycles. The van der Waals surface area contributed by atoms with Crippen LogP contribution < -0.4 is 15.5 Å². The molecule has 102 valence electrons. The molecule has 1 atom stereocenters. The number of amides is 2. The first kappa shape index (κ1) is 12.3. The van der Waals surface area contributed by atoms with Gasteiger partial charge in [0.25, 0.3) is 0 Å². The number of nitrogens with zero attached hydrogens (tertiary/aromatic N) is 2. The van der Waals surface area contributed by atoms with Gasteiger partial charge in [-0.25, -0.2) is 9.69 Å². The normalized spacial score (nSPS) is 20.8. The molecule has 2 aliphatic heterocycles. The molecule has 2 heterocycles. The Kier molecular flexibility index (Phi) is 2.41. The average Bonchev–Trinajstić information content (AvgIpc) is 2.77. The number of carbonyl (C=O) groups is 1. The molecule has 0 radical (unpaired) electrons. The second-order valence-electron chi connectivity index (χ2n) is 4.28. The number of alkyl halides is 3. The molecule has 2 N–H and O–H groups in total. The SMILES string of the molecule is N#CC1=C2Nc3ccccc3N2C(=O)NC1C(F)(F)F. The second kappa shape index (κ2) is 3.90. The van der Waals surface area contributed by atoms with Gasteiger partial charge in [0.15, 0.2) is 6.04 Å². The van der Waals surface area contributed by atoms with E-state index in [2.05, 4.69) is 5.32 Å². The topological polar surface area (TPSA) is 68.2 Å². The van der Waals surface area contributed by atoms with Crippen LogP contribution in [0.15, 0.2) is 35.7 Å². The fourth-order valence-electron chi connectivity index (χ4n) is 2.24. The van der Waals surface area contributed by atoms with E-state index < -0.39 is 23.8 Å². The lowest BCUT2D eigenvalue weighted by molar-refractivity contribution is -0.144. The number of halogens is 3. The number of nitrogens with one attached hydrogen (secondary N) is 2. The highest BCUT2D eigenvalue weighted by atomic mass is 19.4. The molecule has 0 fully saturated rings. The number of fused-ring (bicyclic) bond motifs is 3. The minimum Gasteiger partial charge on any atom is -0.339 e. The summed E-state index contributed by atoms with van der Waals surface area (Å²) >= 11 is 0. The molecule has 0 spiro atoms. The van der Waals surface area contributed by atoms with E-state index >= 15 is 0 Å². The summed E-state index contributed by atoms with van der Waals surface area (Å²) in [5, 5.41) is 13.5. The standard InChI is InChI=1S/C12H7F3N4O/c13-12(14,15)9-6(5-16)10-17-7-3-1-2-4-8(7)19(10)11(20)18-9/h1-4,9,17H,(H,18,20). The van der Waals surface area contributed by atoms with Crippen molar-refractivity contribution >= 4 is 17.4 Å². The van der Waals surface area contributed by atoms with E-state index in [4.69, 9.17) is 5.26 Å². The van der Waals surface area contributed by atoms with Crippen molar-refractivity contribution in [1.82, 2.24) is 5.32 Å². The minimum atomic E-state index is -4.73. The number of hydrogen-bond acceptors (Lipinski definition) is 3. The molecule has 1 unspecified atom stereocenters. The Morgan fingerprint density at radius 3 is 2.65 bits per heavy atom. The predicted octanol–water partition coefficient (Wildman–Crippen LogP) is 2.31. The van der Waals surface area contributed by atoms with E-state index in [1.165, 1.54) is 6.07 Å². The van der Waals surface area contributed by atoms with Crippen LogP contribution >= 0.6 is 0 Å². The molecule has 1 aromatic rings. The van der Waals surface area contributed by atoms with Crippen LogP contribution in [0.3, 0.4) is 0 Å². The van der Waals surface area contributed by atoms with Crippen molar-refractivity contribution in [3.05, 3.63) is 35.7 Å². The maximum atomic E-state index is 12.9. The quantitative estimate of drug-likeness (QED) is 0.766. The zero-order valence-electron chi connectivity index (χ0n) is 9.82. The van der Waals surface area contributed by atoms with Gasteiger partial charge in [-0.1, -0.05) is 12.1 Å². The van der Waals surface area contributed by atoms with Crippen LogP contribution in [-0.2, 0) is 0 Å². The van der Waals surface area contributed by atoms with Gasteiger partial charge in [0.05, 0.1) is 11.4 Å². The highest BCUT2D eigenvalue weighted by molar-refractivity contribution is 6.04. The largest absolute Gasteiger partial charge is 0.413 e. The van der Waals surface area contributed by atoms with Gasteiger partial charge < -0.3 is 10.6 Å². The van der Waals surface area contributed by atoms with Crippen molar-refractivity contribution < 1.29 is 18.0 Å². The maximum absolute atomic E-state index is 12.9. The molecular weight excluding hydrogens is 273 g/mol. The highest BCUT2D eigenvalue weighted by Gasteiger charge is 2.50. The van der Waals surface area contributed by atoms with Crippen LogP contribution in [0.4, 0.5) is 29.3 Å².